The van der Waals surface area contributed by atoms with Gasteiger partial charge in [0.1, 0.15) is 5.75 Å². The summed E-state index contributed by atoms with van der Waals surface area (Å²) in [6.45, 7) is 0. The van der Waals surface area contributed by atoms with Gasteiger partial charge in [-0.05, 0) is 59.0 Å². The van der Waals surface area contributed by atoms with Gasteiger partial charge in [-0.25, -0.2) is 0 Å². The largest absolute Gasteiger partial charge is 0.496 e. The first kappa shape index (κ1) is 14.1. The van der Waals surface area contributed by atoms with Crippen molar-refractivity contribution < 1.29 is 9.53 Å². The molecular formula is C14H11ClINO2. The topological polar surface area (TPSA) is 52.3 Å². The van der Waals surface area contributed by atoms with Gasteiger partial charge in [0.2, 0.25) is 0 Å². The van der Waals surface area contributed by atoms with E-state index in [1.165, 1.54) is 7.11 Å². The standard InChI is InChI=1S/C14H11ClINO2/c1-19-13-5-3-9(16)7-10(13)14(18)8-2-4-12(17)11(15)6-8/h2-7H,17H2,1H3. The molecule has 2 N–H and O–H groups in total. The molecule has 98 valence electrons. The lowest BCUT2D eigenvalue weighted by Gasteiger charge is -2.09. The minimum Gasteiger partial charge on any atom is -0.496 e. The van der Waals surface area contributed by atoms with E-state index in [0.717, 1.165) is 3.57 Å². The molecule has 2 rings (SSSR count). The van der Waals surface area contributed by atoms with Crippen molar-refractivity contribution >= 4 is 45.7 Å². The summed E-state index contributed by atoms with van der Waals surface area (Å²) in [5.74, 6) is 0.399. The maximum atomic E-state index is 12.5. The molecule has 0 saturated heterocycles. The number of hydrogen-bond donors (Lipinski definition) is 1. The van der Waals surface area contributed by atoms with Crippen LogP contribution in [0.5, 0.6) is 5.75 Å². The summed E-state index contributed by atoms with van der Waals surface area (Å²) < 4.78 is 6.18. The fraction of sp³-hybridized carbons (Fsp3) is 0.0714. The Morgan fingerprint density at radius 2 is 2.00 bits per heavy atom. The number of halogens is 2. The van der Waals surface area contributed by atoms with Crippen LogP contribution < -0.4 is 10.5 Å². The highest BCUT2D eigenvalue weighted by Gasteiger charge is 2.15. The molecule has 19 heavy (non-hydrogen) atoms. The summed E-state index contributed by atoms with van der Waals surface area (Å²) in [5, 5.41) is 0.371. The molecule has 0 saturated carbocycles. The van der Waals surface area contributed by atoms with Gasteiger partial charge >= 0.3 is 0 Å². The molecule has 0 fully saturated rings. The molecule has 0 amide bonds. The molecule has 0 aromatic heterocycles. The van der Waals surface area contributed by atoms with Gasteiger partial charge in [0.25, 0.3) is 0 Å². The third kappa shape index (κ3) is 3.01. The van der Waals surface area contributed by atoms with Gasteiger partial charge in [0.05, 0.1) is 23.4 Å². The number of hydrogen-bond acceptors (Lipinski definition) is 3. The van der Waals surface area contributed by atoms with Crippen LogP contribution in [0.1, 0.15) is 15.9 Å². The third-order valence-electron chi connectivity index (χ3n) is 2.67. The van der Waals surface area contributed by atoms with E-state index >= 15 is 0 Å². The van der Waals surface area contributed by atoms with Crippen molar-refractivity contribution in [3.63, 3.8) is 0 Å². The molecule has 0 aliphatic heterocycles. The van der Waals surface area contributed by atoms with Gasteiger partial charge in [0.15, 0.2) is 5.78 Å². The Kier molecular flexibility index (Phi) is 4.31. The molecule has 0 heterocycles. The van der Waals surface area contributed by atoms with Gasteiger partial charge in [0, 0.05) is 9.13 Å². The Hall–Kier alpha value is -1.27. The van der Waals surface area contributed by atoms with Crippen molar-refractivity contribution in [3.05, 3.63) is 56.1 Å². The number of anilines is 1. The molecule has 0 atom stereocenters. The Bertz CT molecular complexity index is 643. The summed E-state index contributed by atoms with van der Waals surface area (Å²) in [7, 11) is 1.54. The number of nitrogen functional groups attached to an aromatic ring is 1. The Morgan fingerprint density at radius 3 is 2.63 bits per heavy atom. The summed E-state index contributed by atoms with van der Waals surface area (Å²) in [6.07, 6.45) is 0. The molecule has 0 aliphatic rings. The molecule has 3 nitrogen and oxygen atoms in total. The van der Waals surface area contributed by atoms with E-state index in [9.17, 15) is 4.79 Å². The second-order valence-corrected chi connectivity index (χ2v) is 5.56. The summed E-state index contributed by atoms with van der Waals surface area (Å²) in [4.78, 5) is 12.5. The zero-order valence-corrected chi connectivity index (χ0v) is 13.0. The van der Waals surface area contributed by atoms with Crippen LogP contribution in [0.4, 0.5) is 5.69 Å². The van der Waals surface area contributed by atoms with Crippen molar-refractivity contribution in [1.82, 2.24) is 0 Å². The minimum atomic E-state index is -0.141. The molecule has 0 spiro atoms. The molecule has 2 aromatic carbocycles. The predicted octanol–water partition coefficient (Wildman–Crippen LogP) is 3.77. The van der Waals surface area contributed by atoms with E-state index in [2.05, 4.69) is 22.6 Å². The van der Waals surface area contributed by atoms with Crippen molar-refractivity contribution in [2.24, 2.45) is 0 Å². The zero-order chi connectivity index (χ0) is 14.0. The Morgan fingerprint density at radius 1 is 1.26 bits per heavy atom. The van der Waals surface area contributed by atoms with Crippen molar-refractivity contribution in [2.45, 2.75) is 0 Å². The van der Waals surface area contributed by atoms with Crippen LogP contribution in [-0.2, 0) is 0 Å². The number of rotatable bonds is 3. The lowest BCUT2D eigenvalue weighted by molar-refractivity contribution is 0.103. The third-order valence-corrected chi connectivity index (χ3v) is 3.67. The molecule has 5 heteroatoms. The highest BCUT2D eigenvalue weighted by atomic mass is 127. The van der Waals surface area contributed by atoms with Crippen molar-refractivity contribution in [2.75, 3.05) is 12.8 Å². The van der Waals surface area contributed by atoms with Crippen molar-refractivity contribution in [1.29, 1.82) is 0 Å². The fourth-order valence-corrected chi connectivity index (χ4v) is 2.35. The number of nitrogens with two attached hydrogens (primary N) is 1. The van der Waals surface area contributed by atoms with Gasteiger partial charge in [-0.3, -0.25) is 4.79 Å². The van der Waals surface area contributed by atoms with E-state index in [-0.39, 0.29) is 5.78 Å². The van der Waals surface area contributed by atoms with E-state index in [0.29, 0.717) is 27.6 Å². The predicted molar refractivity (Wildman–Crippen MR) is 85.0 cm³/mol. The number of benzene rings is 2. The highest BCUT2D eigenvalue weighted by Crippen LogP contribution is 2.26. The molecule has 2 aromatic rings. The fourth-order valence-electron chi connectivity index (χ4n) is 1.68. The van der Waals surface area contributed by atoms with Crippen LogP contribution >= 0.6 is 34.2 Å². The first-order chi connectivity index (χ1) is 9.02. The average molecular weight is 388 g/mol. The van der Waals surface area contributed by atoms with Crippen molar-refractivity contribution in [3.8, 4) is 5.75 Å². The van der Waals surface area contributed by atoms with E-state index in [1.54, 1.807) is 30.3 Å². The lowest BCUT2D eigenvalue weighted by Crippen LogP contribution is -2.05. The van der Waals surface area contributed by atoms with Crippen LogP contribution in [0.25, 0.3) is 0 Å². The second-order valence-electron chi connectivity index (χ2n) is 3.91. The van der Waals surface area contributed by atoms with Gasteiger partial charge in [-0.15, -0.1) is 0 Å². The van der Waals surface area contributed by atoms with E-state index < -0.39 is 0 Å². The maximum absolute atomic E-state index is 12.5. The van der Waals surface area contributed by atoms with E-state index in [1.807, 2.05) is 6.07 Å². The Labute approximate surface area is 129 Å². The average Bonchev–Trinajstić information content (AvgIpc) is 2.41. The van der Waals surface area contributed by atoms with Crippen LogP contribution in [0, 0.1) is 3.57 Å². The van der Waals surface area contributed by atoms with Gasteiger partial charge in [-0.1, -0.05) is 11.6 Å². The van der Waals surface area contributed by atoms with Crippen LogP contribution in [0.15, 0.2) is 36.4 Å². The molecular weight excluding hydrogens is 377 g/mol. The summed E-state index contributed by atoms with van der Waals surface area (Å²) in [5.41, 5.74) is 7.09. The lowest BCUT2D eigenvalue weighted by atomic mass is 10.0. The number of ether oxygens (including phenoxy) is 1. The first-order valence-electron chi connectivity index (χ1n) is 5.46. The number of carbonyl (C=O) groups is 1. The van der Waals surface area contributed by atoms with Crippen LogP contribution in [0.2, 0.25) is 5.02 Å². The monoisotopic (exact) mass is 387 g/mol. The van der Waals surface area contributed by atoms with Crippen LogP contribution in [-0.4, -0.2) is 12.9 Å². The SMILES string of the molecule is COc1ccc(I)cc1C(=O)c1ccc(N)c(Cl)c1. The van der Waals surface area contributed by atoms with Crippen LogP contribution in [0.3, 0.4) is 0 Å². The summed E-state index contributed by atoms with van der Waals surface area (Å²) >= 11 is 8.09. The van der Waals surface area contributed by atoms with Gasteiger partial charge < -0.3 is 10.5 Å². The molecule has 0 bridgehead atoms. The number of carbonyl (C=O) groups excluding carboxylic acids is 1. The summed E-state index contributed by atoms with van der Waals surface area (Å²) in [6, 6.07) is 10.3. The Balaban J connectivity index is 2.49. The molecule has 0 unspecified atom stereocenters. The quantitative estimate of drug-likeness (QED) is 0.495. The minimum absolute atomic E-state index is 0.141. The smallest absolute Gasteiger partial charge is 0.196 e. The number of methoxy groups -OCH3 is 1. The molecule has 0 radical (unpaired) electrons. The normalized spacial score (nSPS) is 10.3. The second kappa shape index (κ2) is 5.79. The highest BCUT2D eigenvalue weighted by molar-refractivity contribution is 14.1. The maximum Gasteiger partial charge on any atom is 0.196 e. The molecule has 0 aliphatic carbocycles. The van der Waals surface area contributed by atoms with E-state index in [4.69, 9.17) is 22.1 Å². The van der Waals surface area contributed by atoms with Gasteiger partial charge in [-0.2, -0.15) is 0 Å². The zero-order valence-electron chi connectivity index (χ0n) is 10.1. The first-order valence-corrected chi connectivity index (χ1v) is 6.92. The number of ketones is 1.